The van der Waals surface area contributed by atoms with Crippen molar-refractivity contribution in [3.05, 3.63) is 104 Å². The van der Waals surface area contributed by atoms with E-state index in [1.165, 1.54) is 12.1 Å². The minimum absolute atomic E-state index is 0.000891. The molecule has 0 saturated carbocycles. The molecule has 0 bridgehead atoms. The van der Waals surface area contributed by atoms with Crippen molar-refractivity contribution in [2.75, 3.05) is 4.72 Å². The molecule has 0 spiro atoms. The zero-order valence-corrected chi connectivity index (χ0v) is 19.5. The molecule has 0 unspecified atom stereocenters. The zero-order chi connectivity index (χ0) is 23.6. The largest absolute Gasteiger partial charge is 0.323 e. The first-order valence-corrected chi connectivity index (χ1v) is 11.8. The third-order valence-corrected chi connectivity index (χ3v) is 6.49. The number of anilines is 1. The topological polar surface area (TPSA) is 68.2 Å². The van der Waals surface area contributed by atoms with Gasteiger partial charge >= 0.3 is 0 Å². The van der Waals surface area contributed by atoms with Crippen LogP contribution in [0.1, 0.15) is 40.3 Å². The molecular formula is C25H27FN2O3S. The number of hydrogen-bond donors (Lipinski definition) is 1. The maximum atomic E-state index is 13.8. The average Bonchev–Trinajstić information content (AvgIpc) is 2.73. The molecule has 3 aromatic rings. The lowest BCUT2D eigenvalue weighted by molar-refractivity contribution is 0.609. The van der Waals surface area contributed by atoms with Crippen LogP contribution in [0.2, 0.25) is 0 Å². The number of sulfonamides is 1. The van der Waals surface area contributed by atoms with Gasteiger partial charge in [0.15, 0.2) is 5.43 Å². The lowest BCUT2D eigenvalue weighted by Gasteiger charge is -2.18. The van der Waals surface area contributed by atoms with Crippen molar-refractivity contribution < 1.29 is 12.8 Å². The van der Waals surface area contributed by atoms with Crippen LogP contribution in [0.15, 0.2) is 59.5 Å². The van der Waals surface area contributed by atoms with Crippen molar-refractivity contribution >= 4 is 15.7 Å². The summed E-state index contributed by atoms with van der Waals surface area (Å²) in [5, 5.41) is 0.852. The highest BCUT2D eigenvalue weighted by Crippen LogP contribution is 2.27. The molecule has 1 heterocycles. The second-order valence-electron chi connectivity index (χ2n) is 7.91. The van der Waals surface area contributed by atoms with E-state index in [4.69, 9.17) is 0 Å². The fourth-order valence-corrected chi connectivity index (χ4v) is 4.35. The fourth-order valence-electron chi connectivity index (χ4n) is 3.81. The standard InChI is InChI=1S/C25H27FN2O3S/c1-6-19-15-28(14-18(5)25(19)29)24-13-22(27-32(30,31)7-2)9-8-20(24)12-23-16(3)10-21(26)11-17(23)4/h7-11,13-15,27H,2,6,12H2,1,3-5H3. The summed E-state index contributed by atoms with van der Waals surface area (Å²) in [4.78, 5) is 12.4. The van der Waals surface area contributed by atoms with Crippen LogP contribution in [0.4, 0.5) is 10.1 Å². The van der Waals surface area contributed by atoms with E-state index < -0.39 is 10.0 Å². The molecule has 0 aliphatic heterocycles. The summed E-state index contributed by atoms with van der Waals surface area (Å²) >= 11 is 0. The van der Waals surface area contributed by atoms with Gasteiger partial charge in [-0.2, -0.15) is 0 Å². The van der Waals surface area contributed by atoms with Gasteiger partial charge in [0.25, 0.3) is 10.0 Å². The summed E-state index contributed by atoms with van der Waals surface area (Å²) in [5.41, 5.74) is 5.98. The number of nitrogens with one attached hydrogen (secondary N) is 1. The number of aryl methyl sites for hydroxylation is 4. The Bertz CT molecular complexity index is 1340. The zero-order valence-electron chi connectivity index (χ0n) is 18.7. The van der Waals surface area contributed by atoms with Crippen molar-refractivity contribution in [2.24, 2.45) is 0 Å². The number of rotatable bonds is 7. The lowest BCUT2D eigenvalue weighted by atomic mass is 9.94. The van der Waals surface area contributed by atoms with Crippen LogP contribution >= 0.6 is 0 Å². The van der Waals surface area contributed by atoms with E-state index in [9.17, 15) is 17.6 Å². The van der Waals surface area contributed by atoms with Gasteiger partial charge in [-0.15, -0.1) is 0 Å². The summed E-state index contributed by atoms with van der Waals surface area (Å²) in [7, 11) is -3.68. The van der Waals surface area contributed by atoms with Gasteiger partial charge in [-0.25, -0.2) is 12.8 Å². The highest BCUT2D eigenvalue weighted by atomic mass is 32.2. The molecule has 0 aliphatic rings. The predicted molar refractivity (Wildman–Crippen MR) is 128 cm³/mol. The van der Waals surface area contributed by atoms with Crippen LogP contribution in [-0.4, -0.2) is 13.0 Å². The predicted octanol–water partition coefficient (Wildman–Crippen LogP) is 4.94. The maximum absolute atomic E-state index is 13.8. The van der Waals surface area contributed by atoms with E-state index in [1.807, 2.05) is 31.4 Å². The van der Waals surface area contributed by atoms with Crippen molar-refractivity contribution in [1.82, 2.24) is 4.57 Å². The molecule has 0 aliphatic carbocycles. The van der Waals surface area contributed by atoms with Gasteiger partial charge in [-0.05, 0) is 73.7 Å². The molecule has 0 amide bonds. The molecule has 0 radical (unpaired) electrons. The van der Waals surface area contributed by atoms with Crippen LogP contribution in [0.5, 0.6) is 0 Å². The second kappa shape index (κ2) is 9.12. The van der Waals surface area contributed by atoms with Gasteiger partial charge in [-0.1, -0.05) is 19.6 Å². The fraction of sp³-hybridized carbons (Fsp3) is 0.240. The van der Waals surface area contributed by atoms with Gasteiger partial charge in [0.2, 0.25) is 0 Å². The van der Waals surface area contributed by atoms with Crippen LogP contribution < -0.4 is 10.2 Å². The minimum Gasteiger partial charge on any atom is -0.323 e. The Labute approximate surface area is 188 Å². The maximum Gasteiger partial charge on any atom is 0.254 e. The van der Waals surface area contributed by atoms with E-state index in [0.717, 1.165) is 33.3 Å². The smallest absolute Gasteiger partial charge is 0.254 e. The van der Waals surface area contributed by atoms with Gasteiger partial charge in [0.1, 0.15) is 5.82 Å². The number of benzene rings is 2. The van der Waals surface area contributed by atoms with E-state index in [2.05, 4.69) is 11.3 Å². The average molecular weight is 455 g/mol. The molecule has 0 fully saturated rings. The Hall–Kier alpha value is -3.19. The first-order chi connectivity index (χ1) is 15.0. The highest BCUT2D eigenvalue weighted by molar-refractivity contribution is 7.95. The molecule has 5 nitrogen and oxygen atoms in total. The SMILES string of the molecule is C=CS(=O)(=O)Nc1ccc(Cc2c(C)cc(F)cc2C)c(-n2cc(C)c(=O)c(CC)c2)c1. The van der Waals surface area contributed by atoms with Gasteiger partial charge < -0.3 is 4.57 Å². The molecule has 168 valence electrons. The third-order valence-electron chi connectivity index (χ3n) is 5.53. The first kappa shape index (κ1) is 23.5. The van der Waals surface area contributed by atoms with Crippen molar-refractivity contribution in [3.8, 4) is 5.69 Å². The summed E-state index contributed by atoms with van der Waals surface area (Å²) in [6, 6.07) is 8.27. The Morgan fingerprint density at radius 2 is 1.69 bits per heavy atom. The Balaban J connectivity index is 2.21. The molecule has 3 rings (SSSR count). The Morgan fingerprint density at radius 3 is 2.28 bits per heavy atom. The number of nitrogens with zero attached hydrogens (tertiary/aromatic N) is 1. The summed E-state index contributed by atoms with van der Waals surface area (Å²) < 4.78 is 42.1. The summed E-state index contributed by atoms with van der Waals surface area (Å²) in [6.07, 6.45) is 4.63. The number of aromatic nitrogens is 1. The lowest BCUT2D eigenvalue weighted by Crippen LogP contribution is -2.16. The quantitative estimate of drug-likeness (QED) is 0.550. The Kier molecular flexibility index (Phi) is 6.69. The Morgan fingerprint density at radius 1 is 1.03 bits per heavy atom. The van der Waals surface area contributed by atoms with E-state index in [0.29, 0.717) is 29.7 Å². The van der Waals surface area contributed by atoms with Crippen LogP contribution in [0.25, 0.3) is 5.69 Å². The highest BCUT2D eigenvalue weighted by Gasteiger charge is 2.14. The van der Waals surface area contributed by atoms with Crippen molar-refractivity contribution in [3.63, 3.8) is 0 Å². The first-order valence-electron chi connectivity index (χ1n) is 10.3. The number of pyridine rings is 1. The van der Waals surface area contributed by atoms with Crippen molar-refractivity contribution in [2.45, 2.75) is 40.5 Å². The van der Waals surface area contributed by atoms with E-state index in [1.54, 1.807) is 31.5 Å². The third kappa shape index (κ3) is 4.99. The molecule has 1 N–H and O–H groups in total. The summed E-state index contributed by atoms with van der Waals surface area (Å²) in [5.74, 6) is -0.276. The molecular weight excluding hydrogens is 427 g/mol. The minimum atomic E-state index is -3.68. The van der Waals surface area contributed by atoms with Crippen LogP contribution in [-0.2, 0) is 22.9 Å². The summed E-state index contributed by atoms with van der Waals surface area (Å²) in [6.45, 7) is 10.8. The molecule has 0 saturated heterocycles. The van der Waals surface area contributed by atoms with Gasteiger partial charge in [0, 0.05) is 35.3 Å². The number of halogens is 1. The molecule has 7 heteroatoms. The van der Waals surface area contributed by atoms with Gasteiger partial charge in [-0.3, -0.25) is 9.52 Å². The van der Waals surface area contributed by atoms with Crippen LogP contribution in [0.3, 0.4) is 0 Å². The molecule has 2 aromatic carbocycles. The monoisotopic (exact) mass is 454 g/mol. The van der Waals surface area contributed by atoms with Crippen LogP contribution in [0, 0.1) is 26.6 Å². The normalized spacial score (nSPS) is 11.4. The molecule has 0 atom stereocenters. The van der Waals surface area contributed by atoms with Gasteiger partial charge in [0.05, 0.1) is 11.4 Å². The van der Waals surface area contributed by atoms with E-state index in [-0.39, 0.29) is 11.2 Å². The van der Waals surface area contributed by atoms with Crippen molar-refractivity contribution in [1.29, 1.82) is 0 Å². The molecule has 32 heavy (non-hydrogen) atoms. The molecule has 1 aromatic heterocycles. The van der Waals surface area contributed by atoms with E-state index >= 15 is 0 Å². The second-order valence-corrected chi connectivity index (χ2v) is 9.54. The number of hydrogen-bond acceptors (Lipinski definition) is 3.